The van der Waals surface area contributed by atoms with Crippen molar-refractivity contribution in [3.63, 3.8) is 0 Å². The molecule has 0 fully saturated rings. The van der Waals surface area contributed by atoms with Crippen molar-refractivity contribution in [3.05, 3.63) is 64.7 Å². The smallest absolute Gasteiger partial charge is 0.338 e. The van der Waals surface area contributed by atoms with E-state index < -0.39 is 0 Å². The minimum Gasteiger partial charge on any atom is -0.462 e. The van der Waals surface area contributed by atoms with E-state index in [1.165, 1.54) is 11.1 Å². The topological polar surface area (TPSA) is 50.4 Å². The van der Waals surface area contributed by atoms with Crippen molar-refractivity contribution in [3.8, 4) is 0 Å². The van der Waals surface area contributed by atoms with E-state index in [-0.39, 0.29) is 12.0 Å². The number of rotatable bonds is 5. The minimum absolute atomic E-state index is 0.0785. The summed E-state index contributed by atoms with van der Waals surface area (Å²) in [7, 11) is 0. The molecule has 0 aliphatic rings. The Labute approximate surface area is 154 Å². The maximum atomic E-state index is 11.9. The Morgan fingerprint density at radius 2 is 1.88 bits per heavy atom. The molecule has 0 bridgehead atoms. The fraction of sp³-hybridized carbons (Fsp3) is 0.300. The third-order valence-corrected chi connectivity index (χ3v) is 4.22. The average molecular weight is 356 g/mol. The minimum atomic E-state index is -0.335. The first-order chi connectivity index (χ1) is 11.9. The number of hydrogen-bond acceptors (Lipinski definition) is 3. The van der Waals surface area contributed by atoms with Crippen LogP contribution in [0.4, 0.5) is 5.69 Å². The number of nitrogens with one attached hydrogen (secondary N) is 2. The summed E-state index contributed by atoms with van der Waals surface area (Å²) < 4.78 is 5.05. The molecule has 2 rings (SSSR count). The van der Waals surface area contributed by atoms with E-state index >= 15 is 0 Å². The van der Waals surface area contributed by atoms with Gasteiger partial charge in [0.15, 0.2) is 5.11 Å². The second-order valence-corrected chi connectivity index (χ2v) is 6.34. The first-order valence-electron chi connectivity index (χ1n) is 8.33. The Morgan fingerprint density at radius 3 is 2.56 bits per heavy atom. The Hall–Kier alpha value is -2.40. The highest BCUT2D eigenvalue weighted by Crippen LogP contribution is 2.19. The lowest BCUT2D eigenvalue weighted by Gasteiger charge is -2.20. The van der Waals surface area contributed by atoms with E-state index in [0.29, 0.717) is 17.3 Å². The Balaban J connectivity index is 2.08. The van der Waals surface area contributed by atoms with Crippen molar-refractivity contribution < 1.29 is 9.53 Å². The molecule has 1 atom stereocenters. The molecule has 25 heavy (non-hydrogen) atoms. The molecule has 0 radical (unpaired) electrons. The van der Waals surface area contributed by atoms with E-state index in [4.69, 9.17) is 17.0 Å². The summed E-state index contributed by atoms with van der Waals surface area (Å²) in [6.45, 7) is 8.25. The molecular weight excluding hydrogens is 332 g/mol. The van der Waals surface area contributed by atoms with Crippen LogP contribution >= 0.6 is 12.2 Å². The molecular formula is C20H24N2O2S. The third-order valence-electron chi connectivity index (χ3n) is 4.00. The van der Waals surface area contributed by atoms with Gasteiger partial charge in [0.2, 0.25) is 0 Å². The number of aryl methyl sites for hydroxylation is 2. The summed E-state index contributed by atoms with van der Waals surface area (Å²) >= 11 is 5.44. The van der Waals surface area contributed by atoms with E-state index in [9.17, 15) is 4.79 Å². The molecule has 0 unspecified atom stereocenters. The van der Waals surface area contributed by atoms with Crippen molar-refractivity contribution in [2.75, 3.05) is 11.9 Å². The van der Waals surface area contributed by atoms with Gasteiger partial charge in [-0.3, -0.25) is 0 Å². The lowest BCUT2D eigenvalue weighted by atomic mass is 10.0. The quantitative estimate of drug-likeness (QED) is 0.609. The van der Waals surface area contributed by atoms with E-state index in [1.807, 2.05) is 25.1 Å². The van der Waals surface area contributed by atoms with Crippen LogP contribution in [-0.2, 0) is 4.74 Å². The molecule has 0 amide bonds. The van der Waals surface area contributed by atoms with Gasteiger partial charge in [0.1, 0.15) is 0 Å². The summed E-state index contributed by atoms with van der Waals surface area (Å²) in [4.78, 5) is 11.9. The number of anilines is 1. The van der Waals surface area contributed by atoms with Crippen LogP contribution in [0.2, 0.25) is 0 Å². The predicted octanol–water partition coefficient (Wildman–Crippen LogP) is 4.53. The maximum Gasteiger partial charge on any atom is 0.338 e. The van der Waals surface area contributed by atoms with Gasteiger partial charge in [-0.2, -0.15) is 0 Å². The van der Waals surface area contributed by atoms with Gasteiger partial charge >= 0.3 is 5.97 Å². The van der Waals surface area contributed by atoms with E-state index in [2.05, 4.69) is 36.6 Å². The first kappa shape index (κ1) is 18.9. The Morgan fingerprint density at radius 1 is 1.16 bits per heavy atom. The van der Waals surface area contributed by atoms with Crippen molar-refractivity contribution in [1.29, 1.82) is 0 Å². The molecule has 0 aliphatic carbocycles. The number of carbonyl (C=O) groups is 1. The molecule has 0 heterocycles. The van der Waals surface area contributed by atoms with Crippen LogP contribution in [0, 0.1) is 13.8 Å². The lowest BCUT2D eigenvalue weighted by Crippen LogP contribution is -2.31. The van der Waals surface area contributed by atoms with Gasteiger partial charge < -0.3 is 15.4 Å². The van der Waals surface area contributed by atoms with Crippen LogP contribution < -0.4 is 10.6 Å². The fourth-order valence-electron chi connectivity index (χ4n) is 2.60. The van der Waals surface area contributed by atoms with Crippen LogP contribution in [-0.4, -0.2) is 17.7 Å². The van der Waals surface area contributed by atoms with Crippen LogP contribution in [0.5, 0.6) is 0 Å². The molecule has 0 spiro atoms. The summed E-state index contributed by atoms with van der Waals surface area (Å²) in [5.74, 6) is -0.335. The van der Waals surface area contributed by atoms with Crippen molar-refractivity contribution in [2.45, 2.75) is 33.7 Å². The lowest BCUT2D eigenvalue weighted by molar-refractivity contribution is 0.0526. The number of ether oxygens (including phenoxy) is 1. The average Bonchev–Trinajstić information content (AvgIpc) is 2.57. The highest BCUT2D eigenvalue weighted by Gasteiger charge is 2.12. The van der Waals surface area contributed by atoms with Crippen LogP contribution in [0.1, 0.15) is 46.9 Å². The molecule has 5 heteroatoms. The summed E-state index contributed by atoms with van der Waals surface area (Å²) in [5, 5.41) is 6.98. The number of thiocarbonyl (C=S) groups is 1. The zero-order valence-corrected chi connectivity index (χ0v) is 15.9. The monoisotopic (exact) mass is 356 g/mol. The van der Waals surface area contributed by atoms with Gasteiger partial charge in [-0.25, -0.2) is 4.79 Å². The fourth-order valence-corrected chi connectivity index (χ4v) is 2.89. The predicted molar refractivity (Wildman–Crippen MR) is 106 cm³/mol. The normalized spacial score (nSPS) is 11.5. The molecule has 2 N–H and O–H groups in total. The Kier molecular flexibility index (Phi) is 6.53. The zero-order chi connectivity index (χ0) is 18.4. The maximum absolute atomic E-state index is 11.9. The number of hydrogen-bond donors (Lipinski definition) is 2. The zero-order valence-electron chi connectivity index (χ0n) is 15.1. The molecule has 0 saturated carbocycles. The van der Waals surface area contributed by atoms with Gasteiger partial charge in [0.25, 0.3) is 0 Å². The largest absolute Gasteiger partial charge is 0.462 e. The third kappa shape index (κ3) is 5.03. The summed E-state index contributed by atoms with van der Waals surface area (Å²) in [5.41, 5.74) is 4.71. The van der Waals surface area contributed by atoms with Crippen molar-refractivity contribution in [2.24, 2.45) is 0 Å². The van der Waals surface area contributed by atoms with Crippen LogP contribution in [0.3, 0.4) is 0 Å². The molecule has 2 aromatic carbocycles. The highest BCUT2D eigenvalue weighted by atomic mass is 32.1. The van der Waals surface area contributed by atoms with Crippen LogP contribution in [0.15, 0.2) is 42.5 Å². The summed E-state index contributed by atoms with van der Waals surface area (Å²) in [6.07, 6.45) is 0. The standard InChI is InChI=1S/C20H24N2O2S/c1-5-24-19(23)16-11-10-14(3)18(12-16)22-20(25)21-15(4)17-9-7-6-8-13(17)2/h6-12,15H,5H2,1-4H3,(H2,21,22,25)/t15-/m1/s1. The molecule has 4 nitrogen and oxygen atoms in total. The van der Waals surface area contributed by atoms with E-state index in [1.54, 1.807) is 19.1 Å². The van der Waals surface area contributed by atoms with Crippen molar-refractivity contribution in [1.82, 2.24) is 5.32 Å². The SMILES string of the molecule is CCOC(=O)c1ccc(C)c(NC(=S)N[C@H](C)c2ccccc2C)c1. The van der Waals surface area contributed by atoms with Gasteiger partial charge in [0.05, 0.1) is 18.2 Å². The first-order valence-corrected chi connectivity index (χ1v) is 8.74. The molecule has 0 aliphatic heterocycles. The van der Waals surface area contributed by atoms with Crippen molar-refractivity contribution >= 4 is 29.0 Å². The van der Waals surface area contributed by atoms with Crippen LogP contribution in [0.25, 0.3) is 0 Å². The molecule has 2 aromatic rings. The van der Waals surface area contributed by atoms with Gasteiger partial charge in [-0.15, -0.1) is 0 Å². The van der Waals surface area contributed by atoms with Gasteiger partial charge in [-0.05, 0) is 68.7 Å². The summed E-state index contributed by atoms with van der Waals surface area (Å²) in [6, 6.07) is 13.7. The molecule has 132 valence electrons. The van der Waals surface area contributed by atoms with Gasteiger partial charge in [0, 0.05) is 5.69 Å². The Bertz CT molecular complexity index is 774. The number of carbonyl (C=O) groups excluding carboxylic acids is 1. The highest BCUT2D eigenvalue weighted by molar-refractivity contribution is 7.80. The number of esters is 1. The number of benzene rings is 2. The second kappa shape index (κ2) is 8.62. The molecule has 0 saturated heterocycles. The van der Waals surface area contributed by atoms with E-state index in [0.717, 1.165) is 11.3 Å². The molecule has 0 aromatic heterocycles. The van der Waals surface area contributed by atoms with Gasteiger partial charge in [-0.1, -0.05) is 30.3 Å². The second-order valence-electron chi connectivity index (χ2n) is 5.93.